The minimum absolute atomic E-state index is 0.105. The van der Waals surface area contributed by atoms with Crippen molar-refractivity contribution in [1.82, 2.24) is 15.1 Å². The number of piperidine rings is 1. The van der Waals surface area contributed by atoms with Gasteiger partial charge in [-0.2, -0.15) is 0 Å². The number of rotatable bonds is 6. The second-order valence-electron chi connectivity index (χ2n) is 8.07. The monoisotopic (exact) mass is 359 g/mol. The van der Waals surface area contributed by atoms with E-state index in [1.807, 2.05) is 29.2 Å². The normalized spacial score (nSPS) is 20.8. The molecule has 1 amide bonds. The molecule has 0 saturated carbocycles. The van der Waals surface area contributed by atoms with Gasteiger partial charge in [-0.15, -0.1) is 0 Å². The SMILES string of the molecule is CC1(C)CNCCN1C(=O)c1ccc(OCCCN2CCCCC2)cc1. The van der Waals surface area contributed by atoms with Crippen LogP contribution in [0.3, 0.4) is 0 Å². The van der Waals surface area contributed by atoms with Crippen molar-refractivity contribution >= 4 is 5.91 Å². The molecule has 5 nitrogen and oxygen atoms in total. The smallest absolute Gasteiger partial charge is 0.254 e. The second kappa shape index (κ2) is 8.87. The molecule has 1 N–H and O–H groups in total. The van der Waals surface area contributed by atoms with Gasteiger partial charge in [-0.05, 0) is 70.5 Å². The average molecular weight is 360 g/mol. The van der Waals surface area contributed by atoms with E-state index in [2.05, 4.69) is 24.1 Å². The Bertz CT molecular complexity index is 579. The zero-order valence-electron chi connectivity index (χ0n) is 16.3. The maximum absolute atomic E-state index is 12.8. The highest BCUT2D eigenvalue weighted by atomic mass is 16.5. The van der Waals surface area contributed by atoms with E-state index in [1.165, 1.54) is 32.4 Å². The van der Waals surface area contributed by atoms with E-state index in [9.17, 15) is 4.79 Å². The molecule has 1 aromatic carbocycles. The zero-order chi connectivity index (χ0) is 18.4. The van der Waals surface area contributed by atoms with Gasteiger partial charge in [-0.3, -0.25) is 4.79 Å². The third-order valence-corrected chi connectivity index (χ3v) is 5.48. The lowest BCUT2D eigenvalue weighted by atomic mass is 9.98. The standard InChI is InChI=1S/C21H33N3O2/c1-21(2)17-22-11-15-24(21)20(25)18-7-9-19(10-8-18)26-16-6-14-23-12-4-3-5-13-23/h7-10,22H,3-6,11-17H2,1-2H3. The lowest BCUT2D eigenvalue weighted by Gasteiger charge is -2.42. The summed E-state index contributed by atoms with van der Waals surface area (Å²) in [6.45, 7) is 11.0. The summed E-state index contributed by atoms with van der Waals surface area (Å²) in [5, 5.41) is 3.36. The molecule has 1 aromatic rings. The average Bonchev–Trinajstić information content (AvgIpc) is 2.66. The number of benzene rings is 1. The van der Waals surface area contributed by atoms with E-state index in [-0.39, 0.29) is 11.4 Å². The summed E-state index contributed by atoms with van der Waals surface area (Å²) in [5.41, 5.74) is 0.583. The summed E-state index contributed by atoms with van der Waals surface area (Å²) in [4.78, 5) is 17.3. The van der Waals surface area contributed by atoms with Gasteiger partial charge >= 0.3 is 0 Å². The minimum atomic E-state index is -0.154. The highest BCUT2D eigenvalue weighted by molar-refractivity contribution is 5.95. The van der Waals surface area contributed by atoms with Crippen molar-refractivity contribution in [3.05, 3.63) is 29.8 Å². The van der Waals surface area contributed by atoms with Crippen LogP contribution in [0.15, 0.2) is 24.3 Å². The summed E-state index contributed by atoms with van der Waals surface area (Å²) in [5.74, 6) is 0.952. The number of nitrogens with one attached hydrogen (secondary N) is 1. The highest BCUT2D eigenvalue weighted by Crippen LogP contribution is 2.21. The molecule has 3 rings (SSSR count). The van der Waals surface area contributed by atoms with Crippen LogP contribution in [-0.2, 0) is 0 Å². The molecule has 5 heteroatoms. The zero-order valence-corrected chi connectivity index (χ0v) is 16.3. The molecule has 0 aromatic heterocycles. The molecule has 0 atom stereocenters. The lowest BCUT2D eigenvalue weighted by molar-refractivity contribution is 0.0477. The summed E-state index contributed by atoms with van der Waals surface area (Å²) < 4.78 is 5.86. The number of nitrogens with zero attached hydrogens (tertiary/aromatic N) is 2. The number of hydrogen-bond acceptors (Lipinski definition) is 4. The molecule has 0 unspecified atom stereocenters. The van der Waals surface area contributed by atoms with Gasteiger partial charge in [0.25, 0.3) is 5.91 Å². The molecule has 2 aliphatic heterocycles. The van der Waals surface area contributed by atoms with Gasteiger partial charge < -0.3 is 19.9 Å². The summed E-state index contributed by atoms with van der Waals surface area (Å²) in [6.07, 6.45) is 5.10. The number of piperazine rings is 1. The van der Waals surface area contributed by atoms with Crippen LogP contribution in [0.4, 0.5) is 0 Å². The van der Waals surface area contributed by atoms with Crippen LogP contribution in [0.2, 0.25) is 0 Å². The van der Waals surface area contributed by atoms with E-state index in [1.54, 1.807) is 0 Å². The van der Waals surface area contributed by atoms with Gasteiger partial charge in [0.1, 0.15) is 5.75 Å². The van der Waals surface area contributed by atoms with Gasteiger partial charge in [0.2, 0.25) is 0 Å². The molecule has 144 valence electrons. The van der Waals surface area contributed by atoms with Crippen LogP contribution < -0.4 is 10.1 Å². The number of carbonyl (C=O) groups excluding carboxylic acids is 1. The maximum Gasteiger partial charge on any atom is 0.254 e. The summed E-state index contributed by atoms with van der Waals surface area (Å²) in [6, 6.07) is 7.62. The first-order valence-corrected chi connectivity index (χ1v) is 10.0. The summed E-state index contributed by atoms with van der Waals surface area (Å²) >= 11 is 0. The molecule has 0 bridgehead atoms. The molecule has 0 radical (unpaired) electrons. The van der Waals surface area contributed by atoms with E-state index in [0.717, 1.165) is 50.5 Å². The number of likely N-dealkylation sites (tertiary alicyclic amines) is 1. The van der Waals surface area contributed by atoms with Crippen LogP contribution in [-0.4, -0.2) is 67.1 Å². The first kappa shape index (κ1) is 19.2. The Morgan fingerprint density at radius 1 is 1.12 bits per heavy atom. The van der Waals surface area contributed by atoms with Gasteiger partial charge in [-0.1, -0.05) is 6.42 Å². The Hall–Kier alpha value is -1.59. The fraction of sp³-hybridized carbons (Fsp3) is 0.667. The molecule has 2 saturated heterocycles. The molecule has 2 aliphatic rings. The first-order chi connectivity index (χ1) is 12.6. The quantitative estimate of drug-likeness (QED) is 0.794. The number of carbonyl (C=O) groups is 1. The van der Waals surface area contributed by atoms with E-state index in [4.69, 9.17) is 4.74 Å². The Labute approximate surface area is 157 Å². The Balaban J connectivity index is 1.46. The molecule has 0 spiro atoms. The third kappa shape index (κ3) is 4.98. The molecule has 0 aliphatic carbocycles. The predicted octanol–water partition coefficient (Wildman–Crippen LogP) is 2.77. The molecule has 26 heavy (non-hydrogen) atoms. The van der Waals surface area contributed by atoms with Gasteiger partial charge in [0.15, 0.2) is 0 Å². The van der Waals surface area contributed by atoms with Gasteiger partial charge in [0, 0.05) is 31.7 Å². The molecule has 2 heterocycles. The largest absolute Gasteiger partial charge is 0.494 e. The Morgan fingerprint density at radius 2 is 1.85 bits per heavy atom. The van der Waals surface area contributed by atoms with Crippen LogP contribution in [0.1, 0.15) is 49.9 Å². The van der Waals surface area contributed by atoms with E-state index >= 15 is 0 Å². The molecular formula is C21H33N3O2. The maximum atomic E-state index is 12.8. The van der Waals surface area contributed by atoms with Crippen molar-refractivity contribution in [2.45, 2.75) is 45.1 Å². The third-order valence-electron chi connectivity index (χ3n) is 5.48. The van der Waals surface area contributed by atoms with Crippen molar-refractivity contribution in [2.24, 2.45) is 0 Å². The van der Waals surface area contributed by atoms with Crippen LogP contribution in [0.25, 0.3) is 0 Å². The molecular weight excluding hydrogens is 326 g/mol. The Morgan fingerprint density at radius 3 is 2.54 bits per heavy atom. The number of amides is 1. The number of hydrogen-bond donors (Lipinski definition) is 1. The predicted molar refractivity (Wildman–Crippen MR) is 105 cm³/mol. The highest BCUT2D eigenvalue weighted by Gasteiger charge is 2.33. The fourth-order valence-electron chi connectivity index (χ4n) is 3.87. The van der Waals surface area contributed by atoms with E-state index in [0.29, 0.717) is 0 Å². The van der Waals surface area contributed by atoms with Crippen LogP contribution >= 0.6 is 0 Å². The van der Waals surface area contributed by atoms with Crippen molar-refractivity contribution in [2.75, 3.05) is 45.9 Å². The van der Waals surface area contributed by atoms with Gasteiger partial charge in [0.05, 0.1) is 12.1 Å². The fourth-order valence-corrected chi connectivity index (χ4v) is 3.87. The Kier molecular flexibility index (Phi) is 6.54. The summed E-state index contributed by atoms with van der Waals surface area (Å²) in [7, 11) is 0. The first-order valence-electron chi connectivity index (χ1n) is 10.0. The minimum Gasteiger partial charge on any atom is -0.494 e. The number of ether oxygens (including phenoxy) is 1. The lowest BCUT2D eigenvalue weighted by Crippen LogP contribution is -2.59. The van der Waals surface area contributed by atoms with Crippen molar-refractivity contribution in [3.8, 4) is 5.75 Å². The van der Waals surface area contributed by atoms with Crippen molar-refractivity contribution < 1.29 is 9.53 Å². The van der Waals surface area contributed by atoms with Crippen molar-refractivity contribution in [1.29, 1.82) is 0 Å². The van der Waals surface area contributed by atoms with Gasteiger partial charge in [-0.25, -0.2) is 0 Å². The van der Waals surface area contributed by atoms with Crippen LogP contribution in [0.5, 0.6) is 5.75 Å². The topological polar surface area (TPSA) is 44.8 Å². The van der Waals surface area contributed by atoms with Crippen molar-refractivity contribution in [3.63, 3.8) is 0 Å². The van der Waals surface area contributed by atoms with E-state index < -0.39 is 0 Å². The second-order valence-corrected chi connectivity index (χ2v) is 8.07. The van der Waals surface area contributed by atoms with Crippen LogP contribution in [0, 0.1) is 0 Å². The molecule has 2 fully saturated rings.